The molecule has 150 valence electrons. The van der Waals surface area contributed by atoms with Gasteiger partial charge >= 0.3 is 0 Å². The van der Waals surface area contributed by atoms with Crippen molar-refractivity contribution in [3.63, 3.8) is 0 Å². The van der Waals surface area contributed by atoms with Gasteiger partial charge in [0.2, 0.25) is 5.82 Å². The smallest absolute Gasteiger partial charge is 0.258 e. The van der Waals surface area contributed by atoms with Crippen molar-refractivity contribution < 1.29 is 14.1 Å². The summed E-state index contributed by atoms with van der Waals surface area (Å²) in [5, 5.41) is 7.23. The second-order valence-electron chi connectivity index (χ2n) is 7.46. The van der Waals surface area contributed by atoms with Crippen molar-refractivity contribution in [1.82, 2.24) is 20.4 Å². The van der Waals surface area contributed by atoms with Crippen molar-refractivity contribution in [3.05, 3.63) is 60.2 Å². The van der Waals surface area contributed by atoms with Crippen LogP contribution in [-0.2, 0) is 10.3 Å². The van der Waals surface area contributed by atoms with Gasteiger partial charge in [0.25, 0.3) is 11.8 Å². The van der Waals surface area contributed by atoms with Gasteiger partial charge in [-0.15, -0.1) is 0 Å². The first-order valence-electron chi connectivity index (χ1n) is 9.90. The predicted octanol–water partition coefficient (Wildman–Crippen LogP) is 3.79. The van der Waals surface area contributed by atoms with Gasteiger partial charge in [0.1, 0.15) is 11.3 Å². The number of hydrogen-bond donors (Lipinski definition) is 1. The van der Waals surface area contributed by atoms with Crippen LogP contribution in [0.25, 0.3) is 11.4 Å². The SMILES string of the molecule is Cc1ccc(OCC(=O)NC2(c3nc(-c4cccnc4)no3)CCCCC2)cc1. The molecule has 0 aliphatic heterocycles. The molecule has 1 saturated carbocycles. The number of nitrogens with zero attached hydrogens (tertiary/aromatic N) is 3. The lowest BCUT2D eigenvalue weighted by molar-refractivity contribution is -0.126. The molecule has 0 bridgehead atoms. The van der Waals surface area contributed by atoms with Gasteiger partial charge in [0.05, 0.1) is 0 Å². The molecule has 3 aromatic rings. The predicted molar refractivity (Wildman–Crippen MR) is 107 cm³/mol. The van der Waals surface area contributed by atoms with E-state index in [1.54, 1.807) is 12.4 Å². The van der Waals surface area contributed by atoms with E-state index in [-0.39, 0.29) is 12.5 Å². The number of aryl methyl sites for hydroxylation is 1. The number of carbonyl (C=O) groups is 1. The summed E-state index contributed by atoms with van der Waals surface area (Å²) in [5.41, 5.74) is 1.27. The fourth-order valence-electron chi connectivity index (χ4n) is 3.66. The summed E-state index contributed by atoms with van der Waals surface area (Å²) in [6, 6.07) is 11.3. The summed E-state index contributed by atoms with van der Waals surface area (Å²) >= 11 is 0. The molecule has 1 N–H and O–H groups in total. The normalized spacial score (nSPS) is 15.6. The molecular formula is C22H24N4O3. The van der Waals surface area contributed by atoms with Gasteiger partial charge in [-0.2, -0.15) is 4.98 Å². The third-order valence-corrected chi connectivity index (χ3v) is 5.23. The molecule has 2 aromatic heterocycles. The van der Waals surface area contributed by atoms with E-state index in [2.05, 4.69) is 20.4 Å². The first-order chi connectivity index (χ1) is 14.1. The summed E-state index contributed by atoms with van der Waals surface area (Å²) < 4.78 is 11.2. The topological polar surface area (TPSA) is 90.1 Å². The Morgan fingerprint density at radius 3 is 2.69 bits per heavy atom. The molecule has 1 aromatic carbocycles. The van der Waals surface area contributed by atoms with Crippen LogP contribution in [0, 0.1) is 6.92 Å². The van der Waals surface area contributed by atoms with Crippen LogP contribution in [0.2, 0.25) is 0 Å². The summed E-state index contributed by atoms with van der Waals surface area (Å²) in [7, 11) is 0. The molecule has 1 aliphatic carbocycles. The average molecular weight is 392 g/mol. The standard InChI is InChI=1S/C22H24N4O3/c1-16-7-9-18(10-8-16)28-15-19(27)25-22(11-3-2-4-12-22)21-24-20(26-29-21)17-6-5-13-23-14-17/h5-10,13-14H,2-4,11-12,15H2,1H3,(H,25,27). The Balaban J connectivity index is 1.49. The highest BCUT2D eigenvalue weighted by Crippen LogP contribution is 2.37. The summed E-state index contributed by atoms with van der Waals surface area (Å²) in [6.07, 6.45) is 8.02. The first-order valence-corrected chi connectivity index (χ1v) is 9.90. The van der Waals surface area contributed by atoms with Gasteiger partial charge in [0, 0.05) is 18.0 Å². The highest BCUT2D eigenvalue weighted by Gasteiger charge is 2.40. The van der Waals surface area contributed by atoms with Crippen molar-refractivity contribution >= 4 is 5.91 Å². The Morgan fingerprint density at radius 1 is 1.17 bits per heavy atom. The summed E-state index contributed by atoms with van der Waals surface area (Å²) in [5.74, 6) is 1.39. The van der Waals surface area contributed by atoms with Crippen LogP contribution in [0.4, 0.5) is 0 Å². The van der Waals surface area contributed by atoms with Crippen LogP contribution in [0.5, 0.6) is 5.75 Å². The van der Waals surface area contributed by atoms with Gasteiger partial charge in [-0.05, 0) is 44.0 Å². The quantitative estimate of drug-likeness (QED) is 0.686. The zero-order chi connectivity index (χ0) is 20.1. The van der Waals surface area contributed by atoms with E-state index < -0.39 is 5.54 Å². The third kappa shape index (κ3) is 4.45. The summed E-state index contributed by atoms with van der Waals surface area (Å²) in [4.78, 5) is 21.4. The van der Waals surface area contributed by atoms with Crippen LogP contribution >= 0.6 is 0 Å². The van der Waals surface area contributed by atoms with Gasteiger partial charge in [-0.25, -0.2) is 0 Å². The molecule has 0 unspecified atom stereocenters. The number of amides is 1. The zero-order valence-corrected chi connectivity index (χ0v) is 16.4. The number of ether oxygens (including phenoxy) is 1. The number of carbonyl (C=O) groups excluding carboxylic acids is 1. The van der Waals surface area contributed by atoms with E-state index in [4.69, 9.17) is 9.26 Å². The minimum atomic E-state index is -0.653. The fourth-order valence-corrected chi connectivity index (χ4v) is 3.66. The maximum atomic E-state index is 12.7. The van der Waals surface area contributed by atoms with E-state index in [1.165, 1.54) is 0 Å². The molecule has 0 saturated heterocycles. The van der Waals surface area contributed by atoms with E-state index >= 15 is 0 Å². The van der Waals surface area contributed by atoms with Crippen LogP contribution in [0.3, 0.4) is 0 Å². The monoisotopic (exact) mass is 392 g/mol. The van der Waals surface area contributed by atoms with E-state index in [1.807, 2.05) is 43.3 Å². The second-order valence-corrected chi connectivity index (χ2v) is 7.46. The van der Waals surface area contributed by atoms with E-state index in [0.717, 1.165) is 43.2 Å². The molecule has 29 heavy (non-hydrogen) atoms. The number of hydrogen-bond acceptors (Lipinski definition) is 6. The number of benzene rings is 1. The highest BCUT2D eigenvalue weighted by molar-refractivity contribution is 5.78. The molecule has 7 heteroatoms. The van der Waals surface area contributed by atoms with Crippen LogP contribution < -0.4 is 10.1 Å². The molecular weight excluding hydrogens is 368 g/mol. The highest BCUT2D eigenvalue weighted by atomic mass is 16.5. The molecule has 1 amide bonds. The fraction of sp³-hybridized carbons (Fsp3) is 0.364. The molecule has 7 nitrogen and oxygen atoms in total. The van der Waals surface area contributed by atoms with Crippen LogP contribution in [0.15, 0.2) is 53.3 Å². The lowest BCUT2D eigenvalue weighted by Gasteiger charge is -2.34. The van der Waals surface area contributed by atoms with E-state index in [9.17, 15) is 4.79 Å². The van der Waals surface area contributed by atoms with Crippen LogP contribution in [0.1, 0.15) is 43.6 Å². The Hall–Kier alpha value is -3.22. The first kappa shape index (κ1) is 19.1. The van der Waals surface area contributed by atoms with Gasteiger partial charge in [0.15, 0.2) is 6.61 Å². The van der Waals surface area contributed by atoms with Gasteiger partial charge in [-0.1, -0.05) is 42.1 Å². The molecule has 0 spiro atoms. The number of aromatic nitrogens is 3. The lowest BCUT2D eigenvalue weighted by Crippen LogP contribution is -2.49. The zero-order valence-electron chi connectivity index (χ0n) is 16.4. The average Bonchev–Trinajstić information content (AvgIpc) is 3.26. The molecule has 1 aliphatic rings. The Kier molecular flexibility index (Phi) is 5.55. The van der Waals surface area contributed by atoms with E-state index in [0.29, 0.717) is 17.5 Å². The van der Waals surface area contributed by atoms with Gasteiger partial charge in [-0.3, -0.25) is 9.78 Å². The molecule has 1 fully saturated rings. The molecule has 4 rings (SSSR count). The van der Waals surface area contributed by atoms with Crippen LogP contribution in [-0.4, -0.2) is 27.6 Å². The van der Waals surface area contributed by atoms with Gasteiger partial charge < -0.3 is 14.6 Å². The molecule has 0 radical (unpaired) electrons. The number of pyridine rings is 1. The maximum absolute atomic E-state index is 12.7. The van der Waals surface area contributed by atoms with Crippen molar-refractivity contribution in [2.45, 2.75) is 44.6 Å². The Bertz CT molecular complexity index is 948. The Morgan fingerprint density at radius 2 is 1.97 bits per heavy atom. The Labute approximate surface area is 169 Å². The minimum Gasteiger partial charge on any atom is -0.484 e. The number of nitrogens with one attached hydrogen (secondary N) is 1. The lowest BCUT2D eigenvalue weighted by atomic mass is 9.81. The second kappa shape index (κ2) is 8.43. The third-order valence-electron chi connectivity index (χ3n) is 5.23. The van der Waals surface area contributed by atoms with Crippen molar-refractivity contribution in [2.75, 3.05) is 6.61 Å². The summed E-state index contributed by atoms with van der Waals surface area (Å²) in [6.45, 7) is 1.95. The maximum Gasteiger partial charge on any atom is 0.258 e. The van der Waals surface area contributed by atoms with Crippen molar-refractivity contribution in [3.8, 4) is 17.1 Å². The van der Waals surface area contributed by atoms with Crippen molar-refractivity contribution in [1.29, 1.82) is 0 Å². The minimum absolute atomic E-state index is 0.0611. The van der Waals surface area contributed by atoms with Crippen molar-refractivity contribution in [2.24, 2.45) is 0 Å². The number of rotatable bonds is 6. The molecule has 0 atom stereocenters. The molecule has 2 heterocycles. The largest absolute Gasteiger partial charge is 0.484 e.